The highest BCUT2D eigenvalue weighted by atomic mass is 16.3. The van der Waals surface area contributed by atoms with Gasteiger partial charge in [0.25, 0.3) is 0 Å². The number of rotatable bonds is 4. The summed E-state index contributed by atoms with van der Waals surface area (Å²) in [6.07, 6.45) is 2.37. The average molecular weight is 394 g/mol. The van der Waals surface area contributed by atoms with Crippen molar-refractivity contribution in [1.29, 1.82) is 0 Å². The van der Waals surface area contributed by atoms with Gasteiger partial charge >= 0.3 is 11.7 Å². The van der Waals surface area contributed by atoms with Gasteiger partial charge in [0.1, 0.15) is 23.3 Å². The van der Waals surface area contributed by atoms with Crippen molar-refractivity contribution in [3.63, 3.8) is 0 Å². The Labute approximate surface area is 174 Å². The predicted molar refractivity (Wildman–Crippen MR) is 114 cm³/mol. The molecule has 0 saturated carbocycles. The molecule has 0 spiro atoms. The van der Waals surface area contributed by atoms with Crippen LogP contribution < -0.4 is 9.88 Å². The number of carbonyl (C=O) groups is 1. The van der Waals surface area contributed by atoms with E-state index in [4.69, 9.17) is 4.98 Å². The molecule has 2 N–H and O–H groups in total. The Morgan fingerprint density at radius 1 is 0.900 bits per heavy atom. The van der Waals surface area contributed by atoms with Crippen LogP contribution in [0, 0.1) is 0 Å². The molecule has 1 aliphatic rings. The van der Waals surface area contributed by atoms with E-state index in [9.17, 15) is 9.90 Å². The number of hydrogen-bond acceptors (Lipinski definition) is 4. The molecular weight excluding hydrogens is 374 g/mol. The van der Waals surface area contributed by atoms with Crippen molar-refractivity contribution < 1.29 is 14.5 Å². The van der Waals surface area contributed by atoms with Crippen LogP contribution in [-0.2, 0) is 6.42 Å². The third kappa shape index (κ3) is 3.31. The highest BCUT2D eigenvalue weighted by Crippen LogP contribution is 2.29. The summed E-state index contributed by atoms with van der Waals surface area (Å²) < 4.78 is 1.67. The Morgan fingerprint density at radius 3 is 2.27 bits per heavy atom. The quantitative estimate of drug-likeness (QED) is 0.511. The number of carbonyl (C=O) groups excluding carboxylic acids is 1. The highest BCUT2D eigenvalue weighted by Gasteiger charge is 2.41. The third-order valence-electron chi connectivity index (χ3n) is 5.30. The lowest BCUT2D eigenvalue weighted by atomic mass is 10.1. The molecule has 1 aliphatic heterocycles. The smallest absolute Gasteiger partial charge is 0.363 e. The fraction of sp³-hybridized carbons (Fsp3) is 0.0800. The van der Waals surface area contributed by atoms with Crippen LogP contribution in [0.2, 0.25) is 0 Å². The summed E-state index contributed by atoms with van der Waals surface area (Å²) in [5.41, 5.74) is 4.37. The van der Waals surface area contributed by atoms with Crippen LogP contribution in [0.3, 0.4) is 0 Å². The maximum Gasteiger partial charge on any atom is 0.363 e. The van der Waals surface area contributed by atoms with Crippen molar-refractivity contribution >= 4 is 11.7 Å². The van der Waals surface area contributed by atoms with Gasteiger partial charge in [0, 0.05) is 17.5 Å². The zero-order chi connectivity index (χ0) is 20.5. The minimum absolute atomic E-state index is 0.0343. The van der Waals surface area contributed by atoms with Crippen molar-refractivity contribution in [3.8, 4) is 17.0 Å². The second-order valence-corrected chi connectivity index (χ2v) is 7.33. The molecule has 1 atom stereocenters. The highest BCUT2D eigenvalue weighted by molar-refractivity contribution is 5.84. The van der Waals surface area contributed by atoms with Crippen LogP contribution in [0.25, 0.3) is 11.3 Å². The van der Waals surface area contributed by atoms with Crippen molar-refractivity contribution in [2.24, 2.45) is 0 Å². The summed E-state index contributed by atoms with van der Waals surface area (Å²) in [4.78, 5) is 18.2. The summed E-state index contributed by atoms with van der Waals surface area (Å²) in [7, 11) is 0. The topological polar surface area (TPSA) is 66.1 Å². The van der Waals surface area contributed by atoms with Gasteiger partial charge in [-0.25, -0.2) is 9.78 Å². The zero-order valence-corrected chi connectivity index (χ0v) is 16.2. The summed E-state index contributed by atoms with van der Waals surface area (Å²) in [6.45, 7) is 0. The monoisotopic (exact) mass is 394 g/mol. The average Bonchev–Trinajstić information content (AvgIpc) is 3.12. The van der Waals surface area contributed by atoms with Crippen LogP contribution in [-0.4, -0.2) is 16.0 Å². The molecule has 5 heteroatoms. The first-order chi connectivity index (χ1) is 14.7. The molecule has 0 aliphatic carbocycles. The van der Waals surface area contributed by atoms with Gasteiger partial charge < -0.3 is 5.11 Å². The molecule has 0 amide bonds. The number of nitrogens with one attached hydrogen (secondary N) is 1. The van der Waals surface area contributed by atoms with Crippen molar-refractivity contribution in [3.05, 3.63) is 108 Å². The van der Waals surface area contributed by atoms with Gasteiger partial charge in [-0.15, -0.1) is 0 Å². The summed E-state index contributed by atoms with van der Waals surface area (Å²) in [5.74, 6) is 0.882. The Kier molecular flexibility index (Phi) is 4.48. The SMILES string of the molecule is O=C1C(c2ccccc2)Nc2c(Cc3ccccc3)nc(-c3ccc(O)cc3)c[n+]21. The lowest BCUT2D eigenvalue weighted by molar-refractivity contribution is -0.552. The summed E-state index contributed by atoms with van der Waals surface area (Å²) >= 11 is 0. The fourth-order valence-corrected chi connectivity index (χ4v) is 3.77. The van der Waals surface area contributed by atoms with Crippen LogP contribution in [0.4, 0.5) is 5.82 Å². The minimum Gasteiger partial charge on any atom is -0.508 e. The van der Waals surface area contributed by atoms with Crippen LogP contribution in [0.5, 0.6) is 5.75 Å². The number of aromatic nitrogens is 2. The molecule has 5 nitrogen and oxygen atoms in total. The van der Waals surface area contributed by atoms with E-state index in [1.807, 2.05) is 48.5 Å². The number of nitrogens with zero attached hydrogens (tertiary/aromatic N) is 2. The van der Waals surface area contributed by atoms with E-state index in [1.54, 1.807) is 35.0 Å². The van der Waals surface area contributed by atoms with Crippen LogP contribution >= 0.6 is 0 Å². The van der Waals surface area contributed by atoms with E-state index in [0.717, 1.165) is 28.2 Å². The number of aromatic hydroxyl groups is 1. The largest absolute Gasteiger partial charge is 0.508 e. The third-order valence-corrected chi connectivity index (χ3v) is 5.30. The molecule has 0 radical (unpaired) electrons. The van der Waals surface area contributed by atoms with Gasteiger partial charge in [0.2, 0.25) is 6.04 Å². The fourth-order valence-electron chi connectivity index (χ4n) is 3.77. The van der Waals surface area contributed by atoms with Crippen molar-refractivity contribution in [2.75, 3.05) is 5.32 Å². The molecule has 2 heterocycles. The molecule has 0 fully saturated rings. The van der Waals surface area contributed by atoms with Gasteiger partial charge in [-0.2, -0.15) is 4.57 Å². The molecule has 0 bridgehead atoms. The lowest BCUT2D eigenvalue weighted by Gasteiger charge is -2.07. The zero-order valence-electron chi connectivity index (χ0n) is 16.2. The Hall–Kier alpha value is -3.99. The molecular formula is C25H20N3O2+. The molecule has 3 aromatic carbocycles. The molecule has 30 heavy (non-hydrogen) atoms. The molecule has 0 saturated heterocycles. The van der Waals surface area contributed by atoms with Crippen molar-refractivity contribution in [2.45, 2.75) is 12.5 Å². The van der Waals surface area contributed by atoms with E-state index in [1.165, 1.54) is 0 Å². The van der Waals surface area contributed by atoms with Crippen LogP contribution in [0.1, 0.15) is 27.7 Å². The second kappa shape index (κ2) is 7.44. The molecule has 4 aromatic rings. The van der Waals surface area contributed by atoms with E-state index in [2.05, 4.69) is 17.4 Å². The standard InChI is InChI=1S/C25H19N3O2/c29-20-13-11-18(12-14-20)22-16-28-24(21(26-22)15-17-7-3-1-4-8-17)27-23(25(28)30)19-9-5-2-6-10-19/h1-14,16,23,29H,15H2/p+1. The van der Waals surface area contributed by atoms with Crippen LogP contribution in [0.15, 0.2) is 91.1 Å². The summed E-state index contributed by atoms with van der Waals surface area (Å²) in [6, 6.07) is 26.2. The van der Waals surface area contributed by atoms with E-state index in [0.29, 0.717) is 12.1 Å². The Morgan fingerprint density at radius 2 is 1.57 bits per heavy atom. The summed E-state index contributed by atoms with van der Waals surface area (Å²) in [5, 5.41) is 13.0. The maximum absolute atomic E-state index is 13.3. The van der Waals surface area contributed by atoms with E-state index in [-0.39, 0.29) is 11.7 Å². The predicted octanol–water partition coefficient (Wildman–Crippen LogP) is 4.14. The second-order valence-electron chi connectivity index (χ2n) is 7.33. The number of phenols is 1. The first-order valence-corrected chi connectivity index (χ1v) is 9.83. The molecule has 146 valence electrons. The van der Waals surface area contributed by atoms with Gasteiger partial charge in [-0.3, -0.25) is 5.32 Å². The van der Waals surface area contributed by atoms with Gasteiger partial charge in [0.15, 0.2) is 0 Å². The first kappa shape index (κ1) is 18.1. The maximum atomic E-state index is 13.3. The van der Waals surface area contributed by atoms with Gasteiger partial charge in [-0.1, -0.05) is 60.7 Å². The number of anilines is 1. The number of fused-ring (bicyclic) bond motifs is 1. The molecule has 1 unspecified atom stereocenters. The Bertz CT molecular complexity index is 1210. The number of benzene rings is 3. The first-order valence-electron chi connectivity index (χ1n) is 9.83. The number of phenolic OH excluding ortho intramolecular Hbond substituents is 1. The van der Waals surface area contributed by atoms with Gasteiger partial charge in [0.05, 0.1) is 0 Å². The normalized spacial score (nSPS) is 14.9. The van der Waals surface area contributed by atoms with E-state index >= 15 is 0 Å². The lowest BCUT2D eigenvalue weighted by Crippen LogP contribution is -2.41. The van der Waals surface area contributed by atoms with Crippen molar-refractivity contribution in [1.82, 2.24) is 4.98 Å². The van der Waals surface area contributed by atoms with E-state index < -0.39 is 6.04 Å². The minimum atomic E-state index is -0.447. The number of hydrogen-bond donors (Lipinski definition) is 2. The van der Waals surface area contributed by atoms with Gasteiger partial charge in [-0.05, 0) is 29.8 Å². The molecule has 1 aromatic heterocycles. The Balaban J connectivity index is 1.62. The molecule has 5 rings (SSSR count).